The predicted molar refractivity (Wildman–Crippen MR) is 54.8 cm³/mol. The minimum atomic E-state index is -0.165. The van der Waals surface area contributed by atoms with Crippen molar-refractivity contribution in [2.75, 3.05) is 26.2 Å². The van der Waals surface area contributed by atoms with Crippen LogP contribution in [0.5, 0.6) is 0 Å². The zero-order valence-electron chi connectivity index (χ0n) is 8.55. The molecule has 3 heteroatoms. The van der Waals surface area contributed by atoms with Gasteiger partial charge in [-0.3, -0.25) is 0 Å². The number of aliphatic hydroxyl groups excluding tert-OH is 1. The van der Waals surface area contributed by atoms with Crippen molar-refractivity contribution in [3.63, 3.8) is 0 Å². The number of piperidine rings is 1. The summed E-state index contributed by atoms with van der Waals surface area (Å²) >= 11 is 0. The predicted octanol–water partition coefficient (Wildman–Crippen LogP) is 0.346. The molecule has 3 nitrogen and oxygen atoms in total. The number of hydrogen-bond acceptors (Lipinski definition) is 3. The highest BCUT2D eigenvalue weighted by Crippen LogP contribution is 2.09. The maximum absolute atomic E-state index is 9.31. The highest BCUT2D eigenvalue weighted by molar-refractivity contribution is 4.71. The van der Waals surface area contributed by atoms with Crippen LogP contribution in [0.1, 0.15) is 26.2 Å². The Balaban J connectivity index is 1.98. The molecule has 0 aliphatic carbocycles. The molecule has 0 saturated carbocycles. The third kappa shape index (κ3) is 4.60. The van der Waals surface area contributed by atoms with Gasteiger partial charge in [-0.15, -0.1) is 0 Å². The summed E-state index contributed by atoms with van der Waals surface area (Å²) < 4.78 is 0. The molecule has 0 aromatic heterocycles. The Bertz CT molecular complexity index is 124. The van der Waals surface area contributed by atoms with Gasteiger partial charge in [0.25, 0.3) is 0 Å². The van der Waals surface area contributed by atoms with E-state index >= 15 is 0 Å². The number of rotatable bonds is 5. The fraction of sp³-hybridized carbons (Fsp3) is 1.00. The zero-order valence-corrected chi connectivity index (χ0v) is 8.55. The summed E-state index contributed by atoms with van der Waals surface area (Å²) in [6.45, 7) is 6.14. The molecule has 1 atom stereocenters. The molecule has 1 heterocycles. The fourth-order valence-electron chi connectivity index (χ4n) is 1.68. The monoisotopic (exact) mass is 186 g/mol. The molecule has 0 aromatic rings. The van der Waals surface area contributed by atoms with Crippen molar-refractivity contribution < 1.29 is 5.11 Å². The molecule has 13 heavy (non-hydrogen) atoms. The molecule has 78 valence electrons. The van der Waals surface area contributed by atoms with E-state index in [0.717, 1.165) is 38.5 Å². The van der Waals surface area contributed by atoms with Crippen molar-refractivity contribution in [3.05, 3.63) is 0 Å². The summed E-state index contributed by atoms with van der Waals surface area (Å²) in [4.78, 5) is 0. The Kier molecular flexibility index (Phi) is 5.35. The van der Waals surface area contributed by atoms with E-state index in [0.29, 0.717) is 0 Å². The molecular weight excluding hydrogens is 164 g/mol. The molecule has 1 rings (SSSR count). The van der Waals surface area contributed by atoms with Crippen molar-refractivity contribution in [1.29, 1.82) is 0 Å². The average molecular weight is 186 g/mol. The van der Waals surface area contributed by atoms with Gasteiger partial charge in [-0.05, 0) is 44.8 Å². The van der Waals surface area contributed by atoms with Gasteiger partial charge in [0.1, 0.15) is 0 Å². The van der Waals surface area contributed by atoms with Crippen LogP contribution in [0, 0.1) is 5.92 Å². The maximum Gasteiger partial charge on any atom is 0.0662 e. The van der Waals surface area contributed by atoms with Gasteiger partial charge in [0.2, 0.25) is 0 Å². The summed E-state index contributed by atoms with van der Waals surface area (Å²) in [6, 6.07) is 0. The first-order valence-corrected chi connectivity index (χ1v) is 5.42. The molecule has 0 bridgehead atoms. The van der Waals surface area contributed by atoms with E-state index in [1.807, 2.05) is 6.92 Å². The van der Waals surface area contributed by atoms with Crippen LogP contribution in [0.2, 0.25) is 0 Å². The summed E-state index contributed by atoms with van der Waals surface area (Å²) in [6.07, 6.45) is 3.23. The van der Waals surface area contributed by atoms with Crippen molar-refractivity contribution >= 4 is 0 Å². The van der Waals surface area contributed by atoms with Crippen molar-refractivity contribution in [3.8, 4) is 0 Å². The van der Waals surface area contributed by atoms with E-state index in [1.165, 1.54) is 12.8 Å². The second-order valence-electron chi connectivity index (χ2n) is 3.91. The largest absolute Gasteiger partial charge is 0.392 e. The third-order valence-electron chi connectivity index (χ3n) is 2.74. The normalized spacial score (nSPS) is 21.7. The van der Waals surface area contributed by atoms with Gasteiger partial charge in [-0.25, -0.2) is 0 Å². The smallest absolute Gasteiger partial charge is 0.0662 e. The van der Waals surface area contributed by atoms with Gasteiger partial charge in [0, 0.05) is 6.54 Å². The van der Waals surface area contributed by atoms with Crippen LogP contribution < -0.4 is 10.6 Å². The number of aliphatic hydroxyl groups is 1. The van der Waals surface area contributed by atoms with E-state index in [9.17, 15) is 5.11 Å². The van der Waals surface area contributed by atoms with E-state index in [4.69, 9.17) is 0 Å². The van der Waals surface area contributed by atoms with Gasteiger partial charge in [0.05, 0.1) is 6.10 Å². The lowest BCUT2D eigenvalue weighted by molar-refractivity contribution is 0.164. The van der Waals surface area contributed by atoms with Gasteiger partial charge in [-0.1, -0.05) is 6.92 Å². The van der Waals surface area contributed by atoms with E-state index in [-0.39, 0.29) is 6.10 Å². The number of nitrogens with one attached hydrogen (secondary N) is 2. The average Bonchev–Trinajstić information content (AvgIpc) is 2.19. The van der Waals surface area contributed by atoms with Crippen LogP contribution in [0.15, 0.2) is 0 Å². The van der Waals surface area contributed by atoms with Crippen molar-refractivity contribution in [2.45, 2.75) is 32.3 Å². The molecule has 3 N–H and O–H groups in total. The van der Waals surface area contributed by atoms with E-state index < -0.39 is 0 Å². The summed E-state index contributed by atoms with van der Waals surface area (Å²) in [7, 11) is 0. The molecule has 1 aliphatic heterocycles. The third-order valence-corrected chi connectivity index (χ3v) is 2.74. The minimum Gasteiger partial charge on any atom is -0.392 e. The second-order valence-corrected chi connectivity index (χ2v) is 3.91. The first-order chi connectivity index (χ1) is 6.33. The first kappa shape index (κ1) is 11.0. The van der Waals surface area contributed by atoms with Gasteiger partial charge < -0.3 is 15.7 Å². The summed E-state index contributed by atoms with van der Waals surface area (Å²) in [5, 5.41) is 16.0. The highest BCUT2D eigenvalue weighted by Gasteiger charge is 2.12. The molecule has 0 spiro atoms. The van der Waals surface area contributed by atoms with Crippen LogP contribution in [-0.4, -0.2) is 37.4 Å². The summed E-state index contributed by atoms with van der Waals surface area (Å²) in [5.41, 5.74) is 0. The first-order valence-electron chi connectivity index (χ1n) is 5.42. The van der Waals surface area contributed by atoms with Crippen LogP contribution >= 0.6 is 0 Å². The lowest BCUT2D eigenvalue weighted by Crippen LogP contribution is -2.36. The Morgan fingerprint density at radius 2 is 2.15 bits per heavy atom. The van der Waals surface area contributed by atoms with Crippen LogP contribution in [-0.2, 0) is 0 Å². The Hall–Kier alpha value is -0.120. The molecule has 1 unspecified atom stereocenters. The van der Waals surface area contributed by atoms with Crippen molar-refractivity contribution in [1.82, 2.24) is 10.6 Å². The SMILES string of the molecule is CCC(O)CNCC1CCNCC1. The quantitative estimate of drug-likeness (QED) is 0.580. The highest BCUT2D eigenvalue weighted by atomic mass is 16.3. The molecule has 1 saturated heterocycles. The van der Waals surface area contributed by atoms with Crippen LogP contribution in [0.3, 0.4) is 0 Å². The van der Waals surface area contributed by atoms with Gasteiger partial charge in [0.15, 0.2) is 0 Å². The molecular formula is C10H22N2O. The Labute approximate surface area is 80.9 Å². The van der Waals surface area contributed by atoms with Gasteiger partial charge >= 0.3 is 0 Å². The minimum absolute atomic E-state index is 0.165. The van der Waals surface area contributed by atoms with Crippen molar-refractivity contribution in [2.24, 2.45) is 5.92 Å². The lowest BCUT2D eigenvalue weighted by Gasteiger charge is -2.23. The number of hydrogen-bond donors (Lipinski definition) is 3. The topological polar surface area (TPSA) is 44.3 Å². The molecule has 0 radical (unpaired) electrons. The summed E-state index contributed by atoms with van der Waals surface area (Å²) in [5.74, 6) is 0.810. The van der Waals surface area contributed by atoms with E-state index in [1.54, 1.807) is 0 Å². The lowest BCUT2D eigenvalue weighted by atomic mass is 9.98. The Morgan fingerprint density at radius 1 is 1.46 bits per heavy atom. The Morgan fingerprint density at radius 3 is 2.77 bits per heavy atom. The fourth-order valence-corrected chi connectivity index (χ4v) is 1.68. The van der Waals surface area contributed by atoms with Crippen LogP contribution in [0.25, 0.3) is 0 Å². The van der Waals surface area contributed by atoms with Gasteiger partial charge in [-0.2, -0.15) is 0 Å². The molecule has 1 aliphatic rings. The molecule has 0 aromatic carbocycles. The standard InChI is InChI=1S/C10H22N2O/c1-2-10(13)8-12-7-9-3-5-11-6-4-9/h9-13H,2-8H2,1H3. The molecule has 1 fully saturated rings. The molecule has 0 amide bonds. The zero-order chi connectivity index (χ0) is 9.52. The van der Waals surface area contributed by atoms with E-state index in [2.05, 4.69) is 10.6 Å². The van der Waals surface area contributed by atoms with Crippen LogP contribution in [0.4, 0.5) is 0 Å². The second kappa shape index (κ2) is 6.35. The maximum atomic E-state index is 9.31.